The fourth-order valence-corrected chi connectivity index (χ4v) is 3.87. The van der Waals surface area contributed by atoms with E-state index in [9.17, 15) is 9.59 Å². The summed E-state index contributed by atoms with van der Waals surface area (Å²) in [7, 11) is 0. The minimum atomic E-state index is -0.314. The number of thiazole rings is 1. The van der Waals surface area contributed by atoms with E-state index in [4.69, 9.17) is 0 Å². The lowest BCUT2D eigenvalue weighted by Crippen LogP contribution is -2.32. The molecule has 0 bridgehead atoms. The lowest BCUT2D eigenvalue weighted by Gasteiger charge is -2.10. The van der Waals surface area contributed by atoms with Crippen molar-refractivity contribution in [2.75, 3.05) is 6.54 Å². The van der Waals surface area contributed by atoms with Crippen LogP contribution in [0.1, 0.15) is 53.5 Å². The summed E-state index contributed by atoms with van der Waals surface area (Å²) in [4.78, 5) is 31.0. The average Bonchev–Trinajstić information content (AvgIpc) is 2.87. The minimum absolute atomic E-state index is 0.148. The molecule has 2 heterocycles. The van der Waals surface area contributed by atoms with Gasteiger partial charge in [-0.2, -0.15) is 0 Å². The third kappa shape index (κ3) is 2.60. The molecule has 0 aliphatic heterocycles. The highest BCUT2D eigenvalue weighted by Gasteiger charge is 2.21. The molecule has 5 nitrogen and oxygen atoms in total. The summed E-state index contributed by atoms with van der Waals surface area (Å²) in [6, 6.07) is 0. The predicted octanol–water partition coefficient (Wildman–Crippen LogP) is 2.16. The largest absolute Gasteiger partial charge is 0.352 e. The van der Waals surface area contributed by atoms with Crippen molar-refractivity contribution in [3.8, 4) is 0 Å². The molecule has 0 atom stereocenters. The molecule has 112 valence electrons. The van der Waals surface area contributed by atoms with E-state index in [2.05, 4.69) is 17.2 Å². The van der Waals surface area contributed by atoms with E-state index in [0.29, 0.717) is 11.5 Å². The normalized spacial score (nSPS) is 14.1. The Labute approximate surface area is 127 Å². The molecule has 0 saturated heterocycles. The molecule has 0 spiro atoms. The highest BCUT2D eigenvalue weighted by molar-refractivity contribution is 7.17. The zero-order chi connectivity index (χ0) is 14.8. The summed E-state index contributed by atoms with van der Waals surface area (Å²) < 4.78 is 1.65. The SMILES string of the molecule is CCCCNC(=O)c1cnc2sc3c(n2c1=O)CCCC3. The lowest BCUT2D eigenvalue weighted by molar-refractivity contribution is 0.0951. The number of unbranched alkanes of at least 4 members (excludes halogenated alkanes) is 1. The van der Waals surface area contributed by atoms with Gasteiger partial charge in [-0.15, -0.1) is 11.3 Å². The molecule has 0 fully saturated rings. The van der Waals surface area contributed by atoms with E-state index in [1.54, 1.807) is 15.7 Å². The molecule has 2 aromatic heterocycles. The Morgan fingerprint density at radius 1 is 1.43 bits per heavy atom. The van der Waals surface area contributed by atoms with Crippen molar-refractivity contribution in [1.29, 1.82) is 0 Å². The third-order valence-electron chi connectivity index (χ3n) is 3.86. The van der Waals surface area contributed by atoms with Gasteiger partial charge in [-0.25, -0.2) is 4.98 Å². The first kappa shape index (κ1) is 14.3. The number of fused-ring (bicyclic) bond motifs is 3. The molecule has 3 rings (SSSR count). The molecule has 0 aromatic carbocycles. The molecule has 2 aromatic rings. The number of carbonyl (C=O) groups is 1. The van der Waals surface area contributed by atoms with Gasteiger partial charge in [-0.05, 0) is 32.1 Å². The van der Waals surface area contributed by atoms with Gasteiger partial charge in [0, 0.05) is 23.3 Å². The van der Waals surface area contributed by atoms with Crippen LogP contribution in [0.4, 0.5) is 0 Å². The zero-order valence-corrected chi connectivity index (χ0v) is 13.0. The summed E-state index contributed by atoms with van der Waals surface area (Å²) in [6.07, 6.45) is 7.52. The smallest absolute Gasteiger partial charge is 0.271 e. The zero-order valence-electron chi connectivity index (χ0n) is 12.1. The maximum atomic E-state index is 12.6. The number of aryl methyl sites for hydroxylation is 2. The number of hydrogen-bond acceptors (Lipinski definition) is 4. The van der Waals surface area contributed by atoms with Crippen LogP contribution >= 0.6 is 11.3 Å². The Hall–Kier alpha value is -1.69. The van der Waals surface area contributed by atoms with Crippen LogP contribution < -0.4 is 10.9 Å². The van der Waals surface area contributed by atoms with Crippen molar-refractivity contribution >= 4 is 22.2 Å². The van der Waals surface area contributed by atoms with Gasteiger partial charge in [0.15, 0.2) is 4.96 Å². The van der Waals surface area contributed by atoms with Crippen LogP contribution in [0.15, 0.2) is 11.0 Å². The second-order valence-electron chi connectivity index (χ2n) is 5.38. The Bertz CT molecular complexity index is 732. The molecule has 1 N–H and O–H groups in total. The first-order valence-electron chi connectivity index (χ1n) is 7.53. The first-order valence-corrected chi connectivity index (χ1v) is 8.34. The number of hydrogen-bond donors (Lipinski definition) is 1. The Balaban J connectivity index is 1.99. The fraction of sp³-hybridized carbons (Fsp3) is 0.533. The molecule has 0 saturated carbocycles. The van der Waals surface area contributed by atoms with Gasteiger partial charge in [0.1, 0.15) is 5.56 Å². The summed E-state index contributed by atoms with van der Waals surface area (Å²) in [6.45, 7) is 2.66. The molecule has 0 radical (unpaired) electrons. The average molecular weight is 305 g/mol. The van der Waals surface area contributed by atoms with Crippen molar-refractivity contribution < 1.29 is 4.79 Å². The van der Waals surface area contributed by atoms with E-state index in [1.807, 2.05) is 0 Å². The second-order valence-corrected chi connectivity index (χ2v) is 6.45. The van der Waals surface area contributed by atoms with Crippen molar-refractivity contribution in [3.05, 3.63) is 32.7 Å². The van der Waals surface area contributed by atoms with Crippen LogP contribution in [0.5, 0.6) is 0 Å². The Morgan fingerprint density at radius 3 is 3.05 bits per heavy atom. The monoisotopic (exact) mass is 305 g/mol. The van der Waals surface area contributed by atoms with Gasteiger partial charge in [0.2, 0.25) is 0 Å². The van der Waals surface area contributed by atoms with Crippen LogP contribution in [0.25, 0.3) is 4.96 Å². The summed E-state index contributed by atoms with van der Waals surface area (Å²) >= 11 is 1.58. The summed E-state index contributed by atoms with van der Waals surface area (Å²) in [5.41, 5.74) is 0.977. The van der Waals surface area contributed by atoms with E-state index >= 15 is 0 Å². The second kappa shape index (κ2) is 5.97. The molecule has 1 amide bonds. The van der Waals surface area contributed by atoms with Gasteiger partial charge < -0.3 is 5.32 Å². The number of amides is 1. The standard InChI is InChI=1S/C15H19N3O2S/c1-2-3-8-16-13(19)10-9-17-15-18(14(10)20)11-6-4-5-7-12(11)21-15/h9H,2-8H2,1H3,(H,16,19). The van der Waals surface area contributed by atoms with Crippen LogP contribution in [-0.4, -0.2) is 21.8 Å². The van der Waals surface area contributed by atoms with Crippen molar-refractivity contribution in [1.82, 2.24) is 14.7 Å². The first-order chi connectivity index (χ1) is 10.2. The topological polar surface area (TPSA) is 63.5 Å². The predicted molar refractivity (Wildman–Crippen MR) is 83.2 cm³/mol. The maximum absolute atomic E-state index is 12.6. The number of carbonyl (C=O) groups excluding carboxylic acids is 1. The van der Waals surface area contributed by atoms with Crippen LogP contribution in [-0.2, 0) is 12.8 Å². The van der Waals surface area contributed by atoms with Gasteiger partial charge in [-0.3, -0.25) is 14.0 Å². The number of aromatic nitrogens is 2. The molecule has 0 unspecified atom stereocenters. The Morgan fingerprint density at radius 2 is 2.24 bits per heavy atom. The maximum Gasteiger partial charge on any atom is 0.271 e. The third-order valence-corrected chi connectivity index (χ3v) is 5.02. The van der Waals surface area contributed by atoms with Crippen molar-refractivity contribution in [3.63, 3.8) is 0 Å². The molecular weight excluding hydrogens is 286 g/mol. The van der Waals surface area contributed by atoms with E-state index < -0.39 is 0 Å². The number of rotatable bonds is 4. The number of nitrogens with zero attached hydrogens (tertiary/aromatic N) is 2. The molecule has 6 heteroatoms. The van der Waals surface area contributed by atoms with Crippen LogP contribution in [0.3, 0.4) is 0 Å². The molecular formula is C15H19N3O2S. The molecule has 1 aliphatic carbocycles. The minimum Gasteiger partial charge on any atom is -0.352 e. The van der Waals surface area contributed by atoms with Crippen molar-refractivity contribution in [2.45, 2.75) is 45.4 Å². The highest BCUT2D eigenvalue weighted by Crippen LogP contribution is 2.28. The van der Waals surface area contributed by atoms with E-state index in [1.165, 1.54) is 17.5 Å². The fourth-order valence-electron chi connectivity index (χ4n) is 2.70. The van der Waals surface area contributed by atoms with E-state index in [0.717, 1.165) is 37.8 Å². The van der Waals surface area contributed by atoms with Gasteiger partial charge in [-0.1, -0.05) is 13.3 Å². The number of nitrogens with one attached hydrogen (secondary N) is 1. The van der Waals surface area contributed by atoms with Crippen LogP contribution in [0.2, 0.25) is 0 Å². The lowest BCUT2D eigenvalue weighted by atomic mass is 10.0. The van der Waals surface area contributed by atoms with E-state index in [-0.39, 0.29) is 17.0 Å². The van der Waals surface area contributed by atoms with Gasteiger partial charge in [0.05, 0.1) is 0 Å². The van der Waals surface area contributed by atoms with Crippen molar-refractivity contribution in [2.24, 2.45) is 0 Å². The quantitative estimate of drug-likeness (QED) is 0.881. The highest BCUT2D eigenvalue weighted by atomic mass is 32.1. The summed E-state index contributed by atoms with van der Waals surface area (Å²) in [5, 5.41) is 2.79. The summed E-state index contributed by atoms with van der Waals surface area (Å²) in [5.74, 6) is -0.314. The van der Waals surface area contributed by atoms with Gasteiger partial charge >= 0.3 is 0 Å². The van der Waals surface area contributed by atoms with Crippen LogP contribution in [0, 0.1) is 0 Å². The molecule has 21 heavy (non-hydrogen) atoms. The molecule has 1 aliphatic rings. The Kier molecular flexibility index (Phi) is 4.05. The van der Waals surface area contributed by atoms with Gasteiger partial charge in [0.25, 0.3) is 11.5 Å².